The van der Waals surface area contributed by atoms with Gasteiger partial charge in [0.05, 0.1) is 19.3 Å². The molecule has 1 unspecified atom stereocenters. The van der Waals surface area contributed by atoms with Crippen molar-refractivity contribution in [1.29, 1.82) is 0 Å². The van der Waals surface area contributed by atoms with Crippen LogP contribution in [0.5, 0.6) is 0 Å². The van der Waals surface area contributed by atoms with E-state index in [0.29, 0.717) is 6.54 Å². The van der Waals surface area contributed by atoms with E-state index in [0.717, 1.165) is 13.1 Å². The summed E-state index contributed by atoms with van der Waals surface area (Å²) < 4.78 is 10.3. The number of esters is 1. The van der Waals surface area contributed by atoms with Gasteiger partial charge in [0.25, 0.3) is 0 Å². The lowest BCUT2D eigenvalue weighted by Gasteiger charge is -2.38. The molecule has 1 fully saturated rings. The Labute approximate surface area is 96.9 Å². The van der Waals surface area contributed by atoms with Gasteiger partial charge in [-0.15, -0.1) is 0 Å². The Morgan fingerprint density at radius 1 is 1.50 bits per heavy atom. The summed E-state index contributed by atoms with van der Waals surface area (Å²) in [5, 5.41) is 0. The Morgan fingerprint density at radius 3 is 2.44 bits per heavy atom. The lowest BCUT2D eigenvalue weighted by atomic mass is 10.0. The molecule has 0 radical (unpaired) electrons. The van der Waals surface area contributed by atoms with E-state index in [4.69, 9.17) is 10.5 Å². The zero-order valence-corrected chi connectivity index (χ0v) is 10.5. The van der Waals surface area contributed by atoms with Crippen molar-refractivity contribution in [3.8, 4) is 0 Å². The summed E-state index contributed by atoms with van der Waals surface area (Å²) in [6, 6.07) is 0. The molecule has 0 aromatic carbocycles. The minimum absolute atomic E-state index is 0.178. The average molecular weight is 230 g/mol. The lowest BCUT2D eigenvalue weighted by molar-refractivity contribution is -0.148. The van der Waals surface area contributed by atoms with Gasteiger partial charge in [-0.25, -0.2) is 0 Å². The largest absolute Gasteiger partial charge is 0.468 e. The minimum atomic E-state index is -0.953. The van der Waals surface area contributed by atoms with Crippen molar-refractivity contribution < 1.29 is 14.3 Å². The second kappa shape index (κ2) is 5.12. The van der Waals surface area contributed by atoms with Gasteiger partial charge >= 0.3 is 5.97 Å². The summed E-state index contributed by atoms with van der Waals surface area (Å²) in [5.74, 6) is -0.376. The molecule has 1 aliphatic heterocycles. The monoisotopic (exact) mass is 230 g/mol. The van der Waals surface area contributed by atoms with Crippen LogP contribution in [0, 0.1) is 0 Å². The highest BCUT2D eigenvalue weighted by atomic mass is 16.5. The molecule has 0 spiro atoms. The molecule has 94 valence electrons. The van der Waals surface area contributed by atoms with Crippen molar-refractivity contribution in [3.05, 3.63) is 0 Å². The van der Waals surface area contributed by atoms with Crippen molar-refractivity contribution in [2.75, 3.05) is 26.7 Å². The second-order valence-electron chi connectivity index (χ2n) is 4.86. The zero-order valence-electron chi connectivity index (χ0n) is 10.5. The summed E-state index contributed by atoms with van der Waals surface area (Å²) in [5.41, 5.74) is 4.98. The number of methoxy groups -OCH3 is 1. The lowest BCUT2D eigenvalue weighted by Crippen LogP contribution is -2.58. The van der Waals surface area contributed by atoms with Gasteiger partial charge in [-0.3, -0.25) is 9.69 Å². The maximum absolute atomic E-state index is 11.5. The third kappa shape index (κ3) is 3.43. The number of rotatable bonds is 3. The fourth-order valence-corrected chi connectivity index (χ4v) is 2.18. The van der Waals surface area contributed by atoms with Gasteiger partial charge < -0.3 is 15.2 Å². The van der Waals surface area contributed by atoms with Crippen LogP contribution in [0.1, 0.15) is 20.8 Å². The smallest absolute Gasteiger partial charge is 0.326 e. The first-order valence-electron chi connectivity index (χ1n) is 5.60. The quantitative estimate of drug-likeness (QED) is 0.691. The first kappa shape index (κ1) is 13.4. The molecular weight excluding hydrogens is 208 g/mol. The van der Waals surface area contributed by atoms with Crippen molar-refractivity contribution in [2.24, 2.45) is 5.73 Å². The summed E-state index contributed by atoms with van der Waals surface area (Å²) in [6.45, 7) is 7.84. The van der Waals surface area contributed by atoms with E-state index in [9.17, 15) is 4.79 Å². The molecule has 1 rings (SSSR count). The Kier molecular flexibility index (Phi) is 4.29. The Morgan fingerprint density at radius 2 is 2.00 bits per heavy atom. The van der Waals surface area contributed by atoms with Gasteiger partial charge in [-0.2, -0.15) is 0 Å². The van der Waals surface area contributed by atoms with Crippen LogP contribution in [0.2, 0.25) is 0 Å². The first-order chi connectivity index (χ1) is 7.35. The number of nitrogens with two attached hydrogens (primary N) is 1. The molecule has 5 heteroatoms. The molecule has 0 saturated carbocycles. The van der Waals surface area contributed by atoms with E-state index in [2.05, 4.69) is 9.64 Å². The van der Waals surface area contributed by atoms with Crippen LogP contribution in [-0.2, 0) is 14.3 Å². The molecule has 1 aliphatic rings. The zero-order chi connectivity index (χ0) is 12.3. The van der Waals surface area contributed by atoms with Crippen LogP contribution >= 0.6 is 0 Å². The summed E-state index contributed by atoms with van der Waals surface area (Å²) >= 11 is 0. The molecule has 0 amide bonds. The molecule has 16 heavy (non-hydrogen) atoms. The molecule has 0 aliphatic carbocycles. The molecule has 0 aromatic heterocycles. The molecule has 1 heterocycles. The minimum Gasteiger partial charge on any atom is -0.468 e. The number of hydrogen-bond donors (Lipinski definition) is 1. The van der Waals surface area contributed by atoms with E-state index in [1.165, 1.54) is 7.11 Å². The van der Waals surface area contributed by atoms with Gasteiger partial charge in [0.1, 0.15) is 5.54 Å². The summed E-state index contributed by atoms with van der Waals surface area (Å²) in [7, 11) is 1.36. The van der Waals surface area contributed by atoms with Crippen LogP contribution in [0.15, 0.2) is 0 Å². The molecule has 3 atom stereocenters. The average Bonchev–Trinajstić information content (AvgIpc) is 2.13. The van der Waals surface area contributed by atoms with E-state index in [-0.39, 0.29) is 18.2 Å². The number of hydrogen-bond acceptors (Lipinski definition) is 5. The highest BCUT2D eigenvalue weighted by Gasteiger charge is 2.34. The normalized spacial score (nSPS) is 30.8. The summed E-state index contributed by atoms with van der Waals surface area (Å²) in [6.07, 6.45) is 0.356. The maximum atomic E-state index is 11.5. The van der Waals surface area contributed by atoms with Gasteiger partial charge in [0.2, 0.25) is 0 Å². The number of ether oxygens (including phenoxy) is 2. The molecule has 5 nitrogen and oxygen atoms in total. The van der Waals surface area contributed by atoms with Crippen molar-refractivity contribution in [3.63, 3.8) is 0 Å². The number of carbonyl (C=O) groups excluding carboxylic acids is 1. The van der Waals surface area contributed by atoms with Crippen LogP contribution < -0.4 is 5.73 Å². The number of morpholine rings is 1. The van der Waals surface area contributed by atoms with Gasteiger partial charge in [0, 0.05) is 19.6 Å². The third-order valence-electron chi connectivity index (χ3n) is 2.70. The highest BCUT2D eigenvalue weighted by molar-refractivity contribution is 5.80. The standard InChI is InChI=1S/C11H22N2O3/c1-8-5-13(6-9(2)16-8)7-11(3,12)10(14)15-4/h8-9H,5-7,12H2,1-4H3/t8-,9+,11?. The van der Waals surface area contributed by atoms with E-state index >= 15 is 0 Å². The SMILES string of the molecule is COC(=O)C(C)(N)CN1C[C@@H](C)O[C@@H](C)C1. The molecule has 0 aromatic rings. The van der Waals surface area contributed by atoms with E-state index < -0.39 is 5.54 Å². The predicted molar refractivity (Wildman–Crippen MR) is 61.1 cm³/mol. The van der Waals surface area contributed by atoms with Crippen molar-refractivity contribution >= 4 is 5.97 Å². The number of nitrogens with zero attached hydrogens (tertiary/aromatic N) is 1. The summed E-state index contributed by atoms with van der Waals surface area (Å²) in [4.78, 5) is 13.6. The van der Waals surface area contributed by atoms with Crippen molar-refractivity contribution in [1.82, 2.24) is 4.90 Å². The molecule has 1 saturated heterocycles. The fraction of sp³-hybridized carbons (Fsp3) is 0.909. The van der Waals surface area contributed by atoms with Crippen LogP contribution in [-0.4, -0.2) is 55.4 Å². The highest BCUT2D eigenvalue weighted by Crippen LogP contribution is 2.14. The topological polar surface area (TPSA) is 64.8 Å². The molecule has 2 N–H and O–H groups in total. The van der Waals surface area contributed by atoms with E-state index in [1.54, 1.807) is 6.92 Å². The maximum Gasteiger partial charge on any atom is 0.326 e. The first-order valence-corrected chi connectivity index (χ1v) is 5.60. The second-order valence-corrected chi connectivity index (χ2v) is 4.86. The van der Waals surface area contributed by atoms with E-state index in [1.807, 2.05) is 13.8 Å². The molecule has 0 bridgehead atoms. The van der Waals surface area contributed by atoms with Gasteiger partial charge in [-0.05, 0) is 20.8 Å². The van der Waals surface area contributed by atoms with Crippen molar-refractivity contribution in [2.45, 2.75) is 38.5 Å². The Balaban J connectivity index is 2.56. The van der Waals surface area contributed by atoms with Crippen LogP contribution in [0.3, 0.4) is 0 Å². The van der Waals surface area contributed by atoms with Crippen LogP contribution in [0.25, 0.3) is 0 Å². The predicted octanol–water partition coefficient (Wildman–Crippen LogP) is -0.0140. The van der Waals surface area contributed by atoms with Gasteiger partial charge in [-0.1, -0.05) is 0 Å². The van der Waals surface area contributed by atoms with Gasteiger partial charge in [0.15, 0.2) is 0 Å². The Hall–Kier alpha value is -0.650. The third-order valence-corrected chi connectivity index (χ3v) is 2.70. The number of carbonyl (C=O) groups is 1. The fourth-order valence-electron chi connectivity index (χ4n) is 2.18. The Bertz CT molecular complexity index is 246. The molecular formula is C11H22N2O3. The van der Waals surface area contributed by atoms with Crippen LogP contribution in [0.4, 0.5) is 0 Å².